The Morgan fingerprint density at radius 1 is 1.32 bits per heavy atom. The molecule has 0 bridgehead atoms. The minimum atomic E-state index is -0.0661. The molecule has 2 heterocycles. The first-order chi connectivity index (χ1) is 12.2. The Bertz CT molecular complexity index is 848. The Kier molecular flexibility index (Phi) is 5.78. The van der Waals surface area contributed by atoms with E-state index in [0.717, 1.165) is 11.7 Å². The highest BCUT2D eigenvalue weighted by molar-refractivity contribution is 7.99. The topological polar surface area (TPSA) is 73.0 Å². The van der Waals surface area contributed by atoms with Gasteiger partial charge in [-0.1, -0.05) is 29.4 Å². The Balaban J connectivity index is 1.56. The molecule has 0 spiro atoms. The predicted molar refractivity (Wildman–Crippen MR) is 98.8 cm³/mol. The fourth-order valence-electron chi connectivity index (χ4n) is 2.29. The quantitative estimate of drug-likeness (QED) is 0.621. The van der Waals surface area contributed by atoms with Gasteiger partial charge in [0.1, 0.15) is 0 Å². The van der Waals surface area contributed by atoms with Gasteiger partial charge in [0.2, 0.25) is 5.91 Å². The predicted octanol–water partition coefficient (Wildman–Crippen LogP) is 4.33. The Hall–Kier alpha value is -2.25. The molecule has 0 aliphatic heterocycles. The van der Waals surface area contributed by atoms with Crippen molar-refractivity contribution in [1.29, 1.82) is 0 Å². The molecule has 3 rings (SSSR count). The maximum absolute atomic E-state index is 12.0. The smallest absolute Gasteiger partial charge is 0.225 e. The minimum absolute atomic E-state index is 0.0661. The fourth-order valence-corrected chi connectivity index (χ4v) is 3.42. The maximum atomic E-state index is 12.0. The van der Waals surface area contributed by atoms with Crippen molar-refractivity contribution in [3.8, 4) is 11.6 Å². The molecule has 0 atom stereocenters. The number of anilines is 1. The average Bonchev–Trinajstić information content (AvgIpc) is 3.23. The van der Waals surface area contributed by atoms with Gasteiger partial charge in [0.25, 0.3) is 0 Å². The van der Waals surface area contributed by atoms with Crippen LogP contribution < -0.4 is 5.32 Å². The molecule has 3 aromatic rings. The number of hydrogen-bond donors (Lipinski definition) is 1. The van der Waals surface area contributed by atoms with E-state index in [2.05, 4.69) is 15.5 Å². The zero-order valence-corrected chi connectivity index (χ0v) is 15.2. The monoisotopic (exact) mass is 376 g/mol. The standard InChI is InChI=1S/C17H17ClN4O2S/c1-2-22-16(14-7-4-9-24-14)20-21-17(22)25-10-8-15(23)19-13-6-3-5-12(18)11-13/h3-7,9,11H,2,8,10H2,1H3,(H,19,23). The lowest BCUT2D eigenvalue weighted by Crippen LogP contribution is -2.12. The van der Waals surface area contributed by atoms with Crippen LogP contribution in [0.4, 0.5) is 5.69 Å². The summed E-state index contributed by atoms with van der Waals surface area (Å²) in [6.45, 7) is 2.74. The van der Waals surface area contributed by atoms with Crippen molar-refractivity contribution in [2.75, 3.05) is 11.1 Å². The van der Waals surface area contributed by atoms with Gasteiger partial charge in [0.05, 0.1) is 6.26 Å². The molecule has 1 amide bonds. The first-order valence-electron chi connectivity index (χ1n) is 7.82. The summed E-state index contributed by atoms with van der Waals surface area (Å²) in [7, 11) is 0. The zero-order valence-electron chi connectivity index (χ0n) is 13.6. The number of carbonyl (C=O) groups is 1. The molecule has 1 N–H and O–H groups in total. The van der Waals surface area contributed by atoms with E-state index in [-0.39, 0.29) is 5.91 Å². The molecule has 0 unspecified atom stereocenters. The minimum Gasteiger partial charge on any atom is -0.461 e. The summed E-state index contributed by atoms with van der Waals surface area (Å²) in [5, 5.41) is 12.6. The second-order valence-electron chi connectivity index (χ2n) is 5.18. The molecule has 1 aromatic carbocycles. The fraction of sp³-hybridized carbons (Fsp3) is 0.235. The average molecular weight is 377 g/mol. The summed E-state index contributed by atoms with van der Waals surface area (Å²) in [5.74, 6) is 1.91. The van der Waals surface area contributed by atoms with Crippen LogP contribution in [-0.2, 0) is 11.3 Å². The Labute approximate surface area is 154 Å². The van der Waals surface area contributed by atoms with Gasteiger partial charge < -0.3 is 9.73 Å². The number of nitrogens with one attached hydrogen (secondary N) is 1. The normalized spacial score (nSPS) is 10.8. The van der Waals surface area contributed by atoms with E-state index in [9.17, 15) is 4.79 Å². The van der Waals surface area contributed by atoms with Crippen LogP contribution in [0, 0.1) is 0 Å². The lowest BCUT2D eigenvalue weighted by molar-refractivity contribution is -0.115. The number of carbonyl (C=O) groups excluding carboxylic acids is 1. The summed E-state index contributed by atoms with van der Waals surface area (Å²) in [5.41, 5.74) is 0.694. The van der Waals surface area contributed by atoms with Gasteiger partial charge in [0.15, 0.2) is 16.7 Å². The number of aromatic nitrogens is 3. The first kappa shape index (κ1) is 17.6. The van der Waals surface area contributed by atoms with Crippen LogP contribution in [0.3, 0.4) is 0 Å². The van der Waals surface area contributed by atoms with Crippen molar-refractivity contribution in [2.45, 2.75) is 25.0 Å². The highest BCUT2D eigenvalue weighted by Gasteiger charge is 2.15. The second kappa shape index (κ2) is 8.22. The molecule has 130 valence electrons. The molecule has 0 saturated carbocycles. The number of halogens is 1. The number of hydrogen-bond acceptors (Lipinski definition) is 5. The van der Waals surface area contributed by atoms with Crippen molar-refractivity contribution in [3.63, 3.8) is 0 Å². The second-order valence-corrected chi connectivity index (χ2v) is 6.68. The van der Waals surface area contributed by atoms with E-state index < -0.39 is 0 Å². The third-order valence-corrected chi connectivity index (χ3v) is 4.65. The molecule has 0 saturated heterocycles. The summed E-state index contributed by atoms with van der Waals surface area (Å²) < 4.78 is 7.36. The third-order valence-electron chi connectivity index (χ3n) is 3.44. The van der Waals surface area contributed by atoms with Gasteiger partial charge >= 0.3 is 0 Å². The zero-order chi connectivity index (χ0) is 17.6. The van der Waals surface area contributed by atoms with Crippen LogP contribution >= 0.6 is 23.4 Å². The van der Waals surface area contributed by atoms with Crippen LogP contribution in [-0.4, -0.2) is 26.4 Å². The van der Waals surface area contributed by atoms with Crippen molar-refractivity contribution >= 4 is 35.0 Å². The number of nitrogens with zero attached hydrogens (tertiary/aromatic N) is 3. The van der Waals surface area contributed by atoms with Crippen molar-refractivity contribution in [2.24, 2.45) is 0 Å². The summed E-state index contributed by atoms with van der Waals surface area (Å²) in [6, 6.07) is 10.8. The van der Waals surface area contributed by atoms with Crippen molar-refractivity contribution in [1.82, 2.24) is 14.8 Å². The van der Waals surface area contributed by atoms with E-state index in [1.54, 1.807) is 30.5 Å². The Morgan fingerprint density at radius 3 is 2.92 bits per heavy atom. The van der Waals surface area contributed by atoms with Crippen LogP contribution in [0.5, 0.6) is 0 Å². The van der Waals surface area contributed by atoms with E-state index in [4.69, 9.17) is 16.0 Å². The van der Waals surface area contributed by atoms with Crippen molar-refractivity contribution in [3.05, 3.63) is 47.7 Å². The molecule has 6 nitrogen and oxygen atoms in total. The van der Waals surface area contributed by atoms with Gasteiger partial charge in [-0.15, -0.1) is 10.2 Å². The van der Waals surface area contributed by atoms with Crippen LogP contribution in [0.1, 0.15) is 13.3 Å². The molecular weight excluding hydrogens is 360 g/mol. The lowest BCUT2D eigenvalue weighted by atomic mass is 10.3. The molecule has 25 heavy (non-hydrogen) atoms. The molecule has 0 radical (unpaired) electrons. The summed E-state index contributed by atoms with van der Waals surface area (Å²) in [6.07, 6.45) is 1.97. The number of benzene rings is 1. The van der Waals surface area contributed by atoms with Crippen LogP contribution in [0.25, 0.3) is 11.6 Å². The highest BCUT2D eigenvalue weighted by Crippen LogP contribution is 2.24. The highest BCUT2D eigenvalue weighted by atomic mass is 35.5. The van der Waals surface area contributed by atoms with E-state index >= 15 is 0 Å². The molecule has 0 aliphatic rings. The van der Waals surface area contributed by atoms with Gasteiger partial charge in [-0.3, -0.25) is 9.36 Å². The van der Waals surface area contributed by atoms with E-state index in [1.807, 2.05) is 23.6 Å². The first-order valence-corrected chi connectivity index (χ1v) is 9.19. The number of rotatable bonds is 7. The van der Waals surface area contributed by atoms with Gasteiger partial charge in [-0.05, 0) is 37.3 Å². The third kappa shape index (κ3) is 4.43. The van der Waals surface area contributed by atoms with E-state index in [1.165, 1.54) is 11.8 Å². The van der Waals surface area contributed by atoms with Gasteiger partial charge in [0, 0.05) is 29.4 Å². The summed E-state index contributed by atoms with van der Waals surface area (Å²) >= 11 is 7.40. The molecule has 2 aromatic heterocycles. The van der Waals surface area contributed by atoms with Gasteiger partial charge in [-0.2, -0.15) is 0 Å². The summed E-state index contributed by atoms with van der Waals surface area (Å²) in [4.78, 5) is 12.0. The largest absolute Gasteiger partial charge is 0.461 e. The lowest BCUT2D eigenvalue weighted by Gasteiger charge is -2.07. The molecule has 8 heteroatoms. The Morgan fingerprint density at radius 2 is 2.20 bits per heavy atom. The molecule has 0 aliphatic carbocycles. The SMILES string of the molecule is CCn1c(SCCC(=O)Nc2cccc(Cl)c2)nnc1-c1ccco1. The van der Waals surface area contributed by atoms with Gasteiger partial charge in [-0.25, -0.2) is 0 Å². The van der Waals surface area contributed by atoms with Crippen LogP contribution in [0.15, 0.2) is 52.2 Å². The number of amides is 1. The van der Waals surface area contributed by atoms with E-state index in [0.29, 0.717) is 34.5 Å². The number of thioether (sulfide) groups is 1. The molecular formula is C17H17ClN4O2S. The van der Waals surface area contributed by atoms with Crippen molar-refractivity contribution < 1.29 is 9.21 Å². The number of furan rings is 1. The molecule has 0 fully saturated rings. The maximum Gasteiger partial charge on any atom is 0.225 e. The van der Waals surface area contributed by atoms with Crippen LogP contribution in [0.2, 0.25) is 5.02 Å².